The monoisotopic (exact) mass is 1370 g/mol. The Morgan fingerprint density at radius 1 is 0.438 bits per heavy atom. The highest BCUT2D eigenvalue weighted by atomic mass is 35.5. The summed E-state index contributed by atoms with van der Waals surface area (Å²) in [5, 5.41) is 26.8. The summed E-state index contributed by atoms with van der Waals surface area (Å²) in [6.45, 7) is 0.887. The predicted octanol–water partition coefficient (Wildman–Crippen LogP) is 18.1. The van der Waals surface area contributed by atoms with Crippen molar-refractivity contribution in [2.24, 2.45) is 17.8 Å². The summed E-state index contributed by atoms with van der Waals surface area (Å²) in [5.41, 5.74) is 15.5. The molecule has 6 aliphatic rings. The number of carbonyl (C=O) groups is 2. The van der Waals surface area contributed by atoms with E-state index >= 15 is 0 Å². The Morgan fingerprint density at radius 2 is 0.792 bits per heavy atom. The highest BCUT2D eigenvalue weighted by Crippen LogP contribution is 2.42. The van der Waals surface area contributed by atoms with Gasteiger partial charge in [0.25, 0.3) is 0 Å². The van der Waals surface area contributed by atoms with Crippen LogP contribution in [0.4, 0.5) is 0 Å². The SMILES string of the molecule is COc1ccccc1-n1nc2c(c1-c1ccc(Cl)cc1)C[C@H](O)C2.COc1ccccc1-n1nc2c(c1-c1ccc(Cl)cc1)C[C@H](OC(=O)C1CCCCC1)C2.COc1ccccc1-n1nc2c(c1-c1ccc(Cl)cc1)C[C@H](OCC1CCCCC1)C2.O=C(Cl)C1CCCCC1. The number of benzene rings is 6. The van der Waals surface area contributed by atoms with Gasteiger partial charge in [-0.2, -0.15) is 15.3 Å². The van der Waals surface area contributed by atoms with Crippen molar-refractivity contribution < 1.29 is 38.4 Å². The molecule has 0 aliphatic heterocycles. The molecule has 0 saturated heterocycles. The van der Waals surface area contributed by atoms with Gasteiger partial charge in [0.2, 0.25) is 5.24 Å². The maximum absolute atomic E-state index is 12.7. The number of aliphatic hydroxyl groups excluding tert-OH is 1. The van der Waals surface area contributed by atoms with Gasteiger partial charge in [-0.3, -0.25) is 9.59 Å². The van der Waals surface area contributed by atoms with Gasteiger partial charge in [0.15, 0.2) is 0 Å². The third-order valence-corrected chi connectivity index (χ3v) is 20.6. The molecule has 9 aromatic rings. The van der Waals surface area contributed by atoms with Gasteiger partial charge in [-0.05, 0) is 129 Å². The fourth-order valence-electron chi connectivity index (χ4n) is 14.6. The number of halogens is 4. The Balaban J connectivity index is 0.000000130. The molecule has 1 N–H and O–H groups in total. The van der Waals surface area contributed by atoms with E-state index in [1.165, 1.54) is 63.4 Å². The van der Waals surface area contributed by atoms with Gasteiger partial charge in [-0.25, -0.2) is 14.0 Å². The summed E-state index contributed by atoms with van der Waals surface area (Å²) in [5.74, 6) is 3.25. The number of carbonyl (C=O) groups excluding carboxylic acids is 2. The van der Waals surface area contributed by atoms with Crippen LogP contribution in [0, 0.1) is 17.8 Å². The number of ether oxygens (including phenoxy) is 5. The van der Waals surface area contributed by atoms with Gasteiger partial charge in [-0.1, -0.05) is 165 Å². The van der Waals surface area contributed by atoms with Crippen molar-refractivity contribution in [3.8, 4) is 68.1 Å². The molecule has 0 amide bonds. The first-order valence-corrected chi connectivity index (χ1v) is 35.6. The van der Waals surface area contributed by atoms with Crippen LogP contribution in [0.15, 0.2) is 146 Å². The average molecular weight is 1380 g/mol. The van der Waals surface area contributed by atoms with Crippen LogP contribution in [0.3, 0.4) is 0 Å². The zero-order chi connectivity index (χ0) is 66.7. The van der Waals surface area contributed by atoms with Gasteiger partial charge in [-0.15, -0.1) is 0 Å². The molecule has 3 heterocycles. The zero-order valence-corrected chi connectivity index (χ0v) is 57.9. The van der Waals surface area contributed by atoms with Gasteiger partial charge in [0.1, 0.15) is 40.4 Å². The fraction of sp³-hybridized carbons (Fsp3) is 0.397. The minimum absolute atomic E-state index is 0.0366. The Labute approximate surface area is 583 Å². The molecular weight excluding hydrogens is 1290 g/mol. The van der Waals surface area contributed by atoms with Crippen molar-refractivity contribution in [1.29, 1.82) is 0 Å². The van der Waals surface area contributed by atoms with E-state index in [1.54, 1.807) is 21.3 Å². The molecule has 3 atom stereocenters. The molecule has 3 aromatic heterocycles. The van der Waals surface area contributed by atoms with E-state index in [-0.39, 0.29) is 41.4 Å². The molecular formula is C78H84Cl4N6O8. The molecule has 0 bridgehead atoms. The first-order valence-electron chi connectivity index (χ1n) is 34.0. The molecule has 0 unspecified atom stereocenters. The van der Waals surface area contributed by atoms with Crippen molar-refractivity contribution in [2.75, 3.05) is 27.9 Å². The number of methoxy groups -OCH3 is 3. The van der Waals surface area contributed by atoms with Crippen LogP contribution in [0.2, 0.25) is 15.1 Å². The molecule has 14 nitrogen and oxygen atoms in total. The van der Waals surface area contributed by atoms with Crippen molar-refractivity contribution >= 4 is 57.6 Å². The minimum atomic E-state index is -0.360. The average Bonchev–Trinajstić information content (AvgIpc) is 1.62. The van der Waals surface area contributed by atoms with Gasteiger partial charge in [0.05, 0.1) is 73.6 Å². The van der Waals surface area contributed by atoms with Crippen molar-refractivity contribution in [3.63, 3.8) is 0 Å². The van der Waals surface area contributed by atoms with Crippen molar-refractivity contribution in [1.82, 2.24) is 29.3 Å². The smallest absolute Gasteiger partial charge is 0.309 e. The highest BCUT2D eigenvalue weighted by Gasteiger charge is 2.36. The summed E-state index contributed by atoms with van der Waals surface area (Å²) in [7, 11) is 5.02. The topological polar surface area (TPSA) is 154 Å². The predicted molar refractivity (Wildman–Crippen MR) is 380 cm³/mol. The Morgan fingerprint density at radius 3 is 1.19 bits per heavy atom. The summed E-state index contributed by atoms with van der Waals surface area (Å²) < 4.78 is 35.0. The normalized spacial score (nSPS) is 18.3. The second kappa shape index (κ2) is 32.3. The molecule has 0 spiro atoms. The lowest BCUT2D eigenvalue weighted by molar-refractivity contribution is -0.154. The van der Waals surface area contributed by atoms with E-state index in [0.29, 0.717) is 35.7 Å². The molecule has 96 heavy (non-hydrogen) atoms. The van der Waals surface area contributed by atoms with Gasteiger partial charge < -0.3 is 28.8 Å². The zero-order valence-electron chi connectivity index (χ0n) is 54.9. The lowest BCUT2D eigenvalue weighted by Crippen LogP contribution is -2.26. The second-order valence-corrected chi connectivity index (χ2v) is 27.6. The maximum Gasteiger partial charge on any atom is 0.309 e. The number of nitrogens with zero attached hydrogens (tertiary/aromatic N) is 6. The molecule has 18 heteroatoms. The molecule has 3 fully saturated rings. The third-order valence-electron chi connectivity index (χ3n) is 19.5. The van der Waals surface area contributed by atoms with Crippen LogP contribution in [0.5, 0.6) is 17.2 Å². The summed E-state index contributed by atoms with van der Waals surface area (Å²) in [6, 6.07) is 47.2. The van der Waals surface area contributed by atoms with E-state index in [0.717, 1.165) is 165 Å². The number of aromatic nitrogens is 6. The number of para-hydroxylation sites is 6. The molecule has 15 rings (SSSR count). The van der Waals surface area contributed by atoms with Gasteiger partial charge in [0, 0.05) is 99.5 Å². The van der Waals surface area contributed by atoms with E-state index in [2.05, 4.69) is 18.2 Å². The molecule has 502 valence electrons. The summed E-state index contributed by atoms with van der Waals surface area (Å²) >= 11 is 23.7. The summed E-state index contributed by atoms with van der Waals surface area (Å²) in [4.78, 5) is 23.3. The van der Waals surface area contributed by atoms with Gasteiger partial charge >= 0.3 is 5.97 Å². The number of hydrogen-bond donors (Lipinski definition) is 1. The number of fused-ring (bicyclic) bond motifs is 3. The third kappa shape index (κ3) is 16.1. The van der Waals surface area contributed by atoms with Crippen LogP contribution >= 0.6 is 46.4 Å². The lowest BCUT2D eigenvalue weighted by Gasteiger charge is -2.23. The van der Waals surface area contributed by atoms with E-state index in [4.69, 9.17) is 85.4 Å². The number of rotatable bonds is 15. The molecule has 6 aromatic carbocycles. The van der Waals surface area contributed by atoms with Crippen LogP contribution in [-0.4, -0.2) is 91.9 Å². The molecule has 0 radical (unpaired) electrons. The summed E-state index contributed by atoms with van der Waals surface area (Å²) in [6.07, 6.45) is 21.7. The van der Waals surface area contributed by atoms with Crippen LogP contribution in [-0.2, 0) is 57.6 Å². The maximum atomic E-state index is 12.7. The van der Waals surface area contributed by atoms with Crippen LogP contribution in [0.25, 0.3) is 50.8 Å². The van der Waals surface area contributed by atoms with E-state index in [1.807, 2.05) is 141 Å². The first kappa shape index (κ1) is 68.5. The Hall–Kier alpha value is -7.43. The van der Waals surface area contributed by atoms with Crippen molar-refractivity contribution in [3.05, 3.63) is 194 Å². The lowest BCUT2D eigenvalue weighted by atomic mass is 9.89. The second-order valence-electron chi connectivity index (χ2n) is 26.0. The van der Waals surface area contributed by atoms with E-state index in [9.17, 15) is 14.7 Å². The number of hydrogen-bond acceptors (Lipinski definition) is 11. The van der Waals surface area contributed by atoms with Crippen LogP contribution in [0.1, 0.15) is 130 Å². The Kier molecular flexibility index (Phi) is 23.0. The quantitative estimate of drug-likeness (QED) is 0.0770. The largest absolute Gasteiger partial charge is 0.494 e. The molecule has 6 aliphatic carbocycles. The Bertz CT molecular complexity index is 4090. The number of aliphatic hydroxyl groups is 1. The number of esters is 1. The first-order chi connectivity index (χ1) is 46.8. The van der Waals surface area contributed by atoms with E-state index < -0.39 is 0 Å². The van der Waals surface area contributed by atoms with Crippen molar-refractivity contribution in [2.45, 2.75) is 153 Å². The minimum Gasteiger partial charge on any atom is -0.494 e. The highest BCUT2D eigenvalue weighted by molar-refractivity contribution is 6.64. The van der Waals surface area contributed by atoms with Crippen LogP contribution < -0.4 is 14.2 Å². The standard InChI is InChI=1S/C26H27ClN2O3.C26H29ClN2O2.C19H17ClN2O2.C7H11ClO/c1-31-24-10-6-5-9-23(24)29-25(17-11-13-19(27)14-12-17)21-15-20(16-22(21)28-29)32-26(30)18-7-3-2-4-8-18;1-30-25-10-6-5-9-24(25)29-26(19-11-13-20(27)14-12-19)22-15-21(16-23(22)28-29)31-17-18-7-3-2-4-8-18;1-24-18-5-3-2-4-17(18)22-19(12-6-8-13(20)9-7-12)15-10-14(23)11-16(15)21-22;8-7(9)6-4-2-1-3-5-6/h5-6,9-14,18,20H,2-4,7-8,15-16H2,1H3;5-6,9-14,18,21H,2-4,7-8,15-17H2,1H3;2-9,14,23H,10-11H2,1H3;6H,1-5H2/t20-;21-;14-;/m000./s1. The molecule has 3 saturated carbocycles. The fourth-order valence-corrected chi connectivity index (χ4v) is 15.2.